The van der Waals surface area contributed by atoms with Crippen LogP contribution in [0.2, 0.25) is 0 Å². The largest absolute Gasteiger partial charge is 0.469 e. The van der Waals surface area contributed by atoms with E-state index in [1.807, 2.05) is 0 Å². The number of allylic oxidation sites excluding steroid dienone is 1. The van der Waals surface area contributed by atoms with Gasteiger partial charge >= 0.3 is 11.9 Å². The zero-order valence-corrected chi connectivity index (χ0v) is 8.67. The van der Waals surface area contributed by atoms with Crippen molar-refractivity contribution in [1.29, 1.82) is 0 Å². The van der Waals surface area contributed by atoms with Gasteiger partial charge in [0.1, 0.15) is 0 Å². The molecule has 0 aromatic carbocycles. The quantitative estimate of drug-likeness (QED) is 0.481. The molecule has 0 amide bonds. The summed E-state index contributed by atoms with van der Waals surface area (Å²) in [4.78, 5) is 21.5. The summed E-state index contributed by atoms with van der Waals surface area (Å²) in [5.74, 6) is -0.520. The van der Waals surface area contributed by atoms with Crippen LogP contribution in [0, 0.1) is 0 Å². The highest BCUT2D eigenvalue weighted by Gasteiger charge is 2.05. The molecule has 0 rings (SSSR count). The van der Waals surface area contributed by atoms with Crippen LogP contribution in [0.25, 0.3) is 0 Å². The second-order valence-corrected chi connectivity index (χ2v) is 2.90. The van der Waals surface area contributed by atoms with Crippen LogP contribution >= 0.6 is 0 Å². The van der Waals surface area contributed by atoms with E-state index in [0.29, 0.717) is 25.7 Å². The molecule has 4 nitrogen and oxygen atoms in total. The van der Waals surface area contributed by atoms with Gasteiger partial charge in [-0.1, -0.05) is 12.2 Å². The molecule has 0 aromatic heterocycles. The molecule has 0 saturated heterocycles. The Kier molecular flexibility index (Phi) is 6.45. The molecule has 0 spiro atoms. The van der Waals surface area contributed by atoms with Crippen LogP contribution in [0.5, 0.6) is 0 Å². The normalized spacial score (nSPS) is 9.29. The fourth-order valence-corrected chi connectivity index (χ4v) is 0.887. The molecular weight excluding hydrogens is 184 g/mol. The Morgan fingerprint density at radius 3 is 1.57 bits per heavy atom. The minimum absolute atomic E-state index is 0.260. The van der Waals surface area contributed by atoms with E-state index in [4.69, 9.17) is 0 Å². The van der Waals surface area contributed by atoms with Crippen LogP contribution in [0.1, 0.15) is 25.7 Å². The molecule has 0 aliphatic heterocycles. The first-order valence-electron chi connectivity index (χ1n) is 4.40. The lowest BCUT2D eigenvalue weighted by atomic mass is 10.1. The van der Waals surface area contributed by atoms with E-state index in [2.05, 4.69) is 16.1 Å². The van der Waals surface area contributed by atoms with Gasteiger partial charge in [-0.2, -0.15) is 0 Å². The molecule has 0 aliphatic rings. The van der Waals surface area contributed by atoms with Gasteiger partial charge in [-0.3, -0.25) is 9.59 Å². The minimum Gasteiger partial charge on any atom is -0.469 e. The van der Waals surface area contributed by atoms with Gasteiger partial charge in [0.2, 0.25) is 0 Å². The summed E-state index contributed by atoms with van der Waals surface area (Å²) in [6.07, 6.45) is 1.75. The van der Waals surface area contributed by atoms with Crippen molar-refractivity contribution in [2.24, 2.45) is 0 Å². The topological polar surface area (TPSA) is 52.6 Å². The smallest absolute Gasteiger partial charge is 0.305 e. The summed E-state index contributed by atoms with van der Waals surface area (Å²) in [5, 5.41) is 0. The second kappa shape index (κ2) is 7.12. The van der Waals surface area contributed by atoms with Gasteiger partial charge in [-0.25, -0.2) is 0 Å². The van der Waals surface area contributed by atoms with E-state index in [1.54, 1.807) is 0 Å². The van der Waals surface area contributed by atoms with Crippen molar-refractivity contribution >= 4 is 11.9 Å². The first-order chi connectivity index (χ1) is 6.60. The number of hydrogen-bond donors (Lipinski definition) is 0. The molecule has 0 bridgehead atoms. The van der Waals surface area contributed by atoms with E-state index < -0.39 is 0 Å². The highest BCUT2D eigenvalue weighted by molar-refractivity contribution is 5.70. The molecule has 0 aliphatic carbocycles. The second-order valence-electron chi connectivity index (χ2n) is 2.90. The van der Waals surface area contributed by atoms with Crippen LogP contribution in [-0.4, -0.2) is 26.2 Å². The van der Waals surface area contributed by atoms with Gasteiger partial charge in [0.05, 0.1) is 14.2 Å². The van der Waals surface area contributed by atoms with Gasteiger partial charge in [-0.15, -0.1) is 0 Å². The molecule has 0 saturated carbocycles. The maximum Gasteiger partial charge on any atom is 0.305 e. The third-order valence-electron chi connectivity index (χ3n) is 1.82. The molecule has 0 aromatic rings. The zero-order chi connectivity index (χ0) is 11.0. The van der Waals surface area contributed by atoms with Crippen molar-refractivity contribution < 1.29 is 19.1 Å². The molecule has 0 fully saturated rings. The standard InChI is InChI=1S/C10H16O4/c1-8(4-6-9(11)13-2)5-7-10(12)14-3/h1,4-7H2,2-3H3. The van der Waals surface area contributed by atoms with Crippen molar-refractivity contribution in [1.82, 2.24) is 0 Å². The highest BCUT2D eigenvalue weighted by Crippen LogP contribution is 2.10. The molecule has 0 atom stereocenters. The lowest BCUT2D eigenvalue weighted by Gasteiger charge is -2.03. The summed E-state index contributed by atoms with van der Waals surface area (Å²) in [7, 11) is 2.69. The van der Waals surface area contributed by atoms with Crippen LogP contribution in [-0.2, 0) is 19.1 Å². The highest BCUT2D eigenvalue weighted by atomic mass is 16.5. The molecule has 0 heterocycles. The van der Waals surface area contributed by atoms with Gasteiger partial charge in [-0.05, 0) is 12.8 Å². The van der Waals surface area contributed by atoms with Crippen molar-refractivity contribution in [2.75, 3.05) is 14.2 Å². The van der Waals surface area contributed by atoms with E-state index in [0.717, 1.165) is 5.57 Å². The lowest BCUT2D eigenvalue weighted by Crippen LogP contribution is -2.02. The van der Waals surface area contributed by atoms with Gasteiger partial charge in [0, 0.05) is 12.8 Å². The monoisotopic (exact) mass is 200 g/mol. The number of rotatable bonds is 6. The van der Waals surface area contributed by atoms with Crippen LogP contribution in [0.3, 0.4) is 0 Å². The number of esters is 2. The number of carbonyl (C=O) groups excluding carboxylic acids is 2. The Labute approximate surface area is 83.9 Å². The number of hydrogen-bond acceptors (Lipinski definition) is 4. The maximum absolute atomic E-state index is 10.8. The Morgan fingerprint density at radius 2 is 1.29 bits per heavy atom. The Morgan fingerprint density at radius 1 is 0.929 bits per heavy atom. The minimum atomic E-state index is -0.260. The molecule has 80 valence electrons. The van der Waals surface area contributed by atoms with Gasteiger partial charge in [0.25, 0.3) is 0 Å². The summed E-state index contributed by atoms with van der Waals surface area (Å²) < 4.78 is 8.95. The average Bonchev–Trinajstić information content (AvgIpc) is 2.22. The molecule has 0 N–H and O–H groups in total. The number of ether oxygens (including phenoxy) is 2. The van der Waals surface area contributed by atoms with Gasteiger partial charge < -0.3 is 9.47 Å². The van der Waals surface area contributed by atoms with E-state index >= 15 is 0 Å². The lowest BCUT2D eigenvalue weighted by molar-refractivity contribution is -0.141. The molecule has 0 radical (unpaired) electrons. The van der Waals surface area contributed by atoms with E-state index in [9.17, 15) is 9.59 Å². The predicted octanol–water partition coefficient (Wildman–Crippen LogP) is 1.45. The molecule has 14 heavy (non-hydrogen) atoms. The van der Waals surface area contributed by atoms with Crippen molar-refractivity contribution in [3.8, 4) is 0 Å². The maximum atomic E-state index is 10.8. The van der Waals surface area contributed by atoms with Crippen LogP contribution in [0.4, 0.5) is 0 Å². The third-order valence-corrected chi connectivity index (χ3v) is 1.82. The Hall–Kier alpha value is -1.32. The Balaban J connectivity index is 3.56. The van der Waals surface area contributed by atoms with Crippen molar-refractivity contribution in [3.63, 3.8) is 0 Å². The summed E-state index contributed by atoms with van der Waals surface area (Å²) in [6.45, 7) is 3.75. The van der Waals surface area contributed by atoms with E-state index in [1.165, 1.54) is 14.2 Å². The summed E-state index contributed by atoms with van der Waals surface area (Å²) in [5.41, 5.74) is 0.862. The fourth-order valence-electron chi connectivity index (χ4n) is 0.887. The SMILES string of the molecule is C=C(CCC(=O)OC)CCC(=O)OC. The van der Waals surface area contributed by atoms with Crippen LogP contribution in [0.15, 0.2) is 12.2 Å². The third kappa shape index (κ3) is 6.22. The summed E-state index contributed by atoms with van der Waals surface area (Å²) >= 11 is 0. The molecular formula is C10H16O4. The summed E-state index contributed by atoms with van der Waals surface area (Å²) in [6, 6.07) is 0. The molecule has 0 unspecified atom stereocenters. The predicted molar refractivity (Wildman–Crippen MR) is 51.6 cm³/mol. The van der Waals surface area contributed by atoms with Crippen molar-refractivity contribution in [3.05, 3.63) is 12.2 Å². The van der Waals surface area contributed by atoms with Crippen molar-refractivity contribution in [2.45, 2.75) is 25.7 Å². The molecule has 4 heteroatoms. The number of methoxy groups -OCH3 is 2. The van der Waals surface area contributed by atoms with Gasteiger partial charge in [0.15, 0.2) is 0 Å². The Bertz CT molecular complexity index is 198. The zero-order valence-electron chi connectivity index (χ0n) is 8.67. The number of carbonyl (C=O) groups is 2. The first-order valence-corrected chi connectivity index (χ1v) is 4.40. The first kappa shape index (κ1) is 12.7. The van der Waals surface area contributed by atoms with E-state index in [-0.39, 0.29) is 11.9 Å². The van der Waals surface area contributed by atoms with Crippen LogP contribution < -0.4 is 0 Å². The average molecular weight is 200 g/mol. The fraction of sp³-hybridized carbons (Fsp3) is 0.600.